The van der Waals surface area contributed by atoms with E-state index in [2.05, 4.69) is 10.6 Å². The zero-order chi connectivity index (χ0) is 29.1. The first-order valence-corrected chi connectivity index (χ1v) is 14.5. The molecule has 2 fully saturated rings. The van der Waals surface area contributed by atoms with Crippen molar-refractivity contribution < 1.29 is 28.7 Å². The molecule has 2 aromatic rings. The monoisotopic (exact) mass is 564 g/mol. The number of benzene rings is 2. The average Bonchev–Trinajstić information content (AvgIpc) is 3.00. The Morgan fingerprint density at radius 2 is 1.68 bits per heavy atom. The van der Waals surface area contributed by atoms with E-state index in [1.807, 2.05) is 55.5 Å². The van der Waals surface area contributed by atoms with E-state index in [0.29, 0.717) is 64.0 Å². The lowest BCUT2D eigenvalue weighted by Gasteiger charge is -2.51. The van der Waals surface area contributed by atoms with E-state index in [1.54, 1.807) is 21.9 Å². The first kappa shape index (κ1) is 29.9. The molecule has 0 bridgehead atoms. The van der Waals surface area contributed by atoms with Crippen molar-refractivity contribution in [2.45, 2.75) is 63.6 Å². The summed E-state index contributed by atoms with van der Waals surface area (Å²) >= 11 is 0. The first-order valence-electron chi connectivity index (χ1n) is 14.5. The Balaban J connectivity index is 1.22. The molecule has 10 heteroatoms. The SMILES string of the molecule is CCCN1C(=O)[C@H](CCCCNC(=O)OCc2ccccc2)NC(=O)C12CCN(C(=O)COc1ccccc1)CC2. The molecule has 0 aliphatic carbocycles. The Morgan fingerprint density at radius 3 is 2.37 bits per heavy atom. The molecule has 2 aliphatic heterocycles. The summed E-state index contributed by atoms with van der Waals surface area (Å²) in [5.41, 5.74) is -0.0250. The third kappa shape index (κ3) is 7.77. The molecule has 0 aromatic heterocycles. The molecule has 4 rings (SSSR count). The molecule has 1 atom stereocenters. The van der Waals surface area contributed by atoms with E-state index in [0.717, 1.165) is 12.0 Å². The number of amides is 4. The molecule has 0 unspecified atom stereocenters. The number of unbranched alkanes of at least 4 members (excludes halogenated alkanes) is 1. The molecule has 1 spiro atoms. The number of carbonyl (C=O) groups excluding carboxylic acids is 4. The van der Waals surface area contributed by atoms with Gasteiger partial charge in [-0.1, -0.05) is 55.5 Å². The van der Waals surface area contributed by atoms with Gasteiger partial charge < -0.3 is 29.9 Å². The zero-order valence-corrected chi connectivity index (χ0v) is 23.7. The van der Waals surface area contributed by atoms with Crippen LogP contribution < -0.4 is 15.4 Å². The van der Waals surface area contributed by atoms with E-state index >= 15 is 0 Å². The van der Waals surface area contributed by atoms with Gasteiger partial charge in [-0.05, 0) is 56.2 Å². The van der Waals surface area contributed by atoms with Crippen molar-refractivity contribution in [3.63, 3.8) is 0 Å². The van der Waals surface area contributed by atoms with Crippen LogP contribution in [0.3, 0.4) is 0 Å². The van der Waals surface area contributed by atoms with Gasteiger partial charge in [-0.2, -0.15) is 0 Å². The van der Waals surface area contributed by atoms with Crippen LogP contribution in [0, 0.1) is 0 Å². The molecule has 41 heavy (non-hydrogen) atoms. The third-order valence-corrected chi connectivity index (χ3v) is 7.71. The number of ether oxygens (including phenoxy) is 2. The summed E-state index contributed by atoms with van der Waals surface area (Å²) in [6.07, 6.45) is 2.84. The lowest BCUT2D eigenvalue weighted by Crippen LogP contribution is -2.73. The fourth-order valence-corrected chi connectivity index (χ4v) is 5.43. The first-order chi connectivity index (χ1) is 19.9. The standard InChI is InChI=1S/C31H40N4O6/c1-2-19-35-28(37)26(15-9-10-18-32-30(39)41-22-24-11-5-3-6-12-24)33-29(38)31(35)16-20-34(21-17-31)27(36)23-40-25-13-7-4-8-14-25/h3-8,11-14,26H,2,9-10,15-23H2,1H3,(H,32,39)(H,33,38)/t26-/m0/s1. The largest absolute Gasteiger partial charge is 0.484 e. The van der Waals surface area contributed by atoms with Gasteiger partial charge >= 0.3 is 6.09 Å². The lowest BCUT2D eigenvalue weighted by atomic mass is 9.81. The molecule has 2 aliphatic rings. The summed E-state index contributed by atoms with van der Waals surface area (Å²) in [6.45, 7) is 3.81. The van der Waals surface area contributed by atoms with Gasteiger partial charge in [-0.15, -0.1) is 0 Å². The number of alkyl carbamates (subject to hydrolysis) is 1. The predicted molar refractivity (Wildman–Crippen MR) is 153 cm³/mol. The lowest BCUT2D eigenvalue weighted by molar-refractivity contribution is -0.162. The van der Waals surface area contributed by atoms with Crippen LogP contribution in [0.25, 0.3) is 0 Å². The highest BCUT2D eigenvalue weighted by Gasteiger charge is 2.53. The highest BCUT2D eigenvalue weighted by atomic mass is 16.5. The van der Waals surface area contributed by atoms with Gasteiger partial charge in [-0.25, -0.2) is 4.79 Å². The smallest absolute Gasteiger partial charge is 0.407 e. The molecule has 220 valence electrons. The van der Waals surface area contributed by atoms with Crippen LogP contribution >= 0.6 is 0 Å². The normalized spacial score (nSPS) is 18.1. The maximum absolute atomic E-state index is 13.5. The number of piperazine rings is 1. The van der Waals surface area contributed by atoms with Gasteiger partial charge in [0.15, 0.2) is 6.61 Å². The number of carbonyl (C=O) groups is 4. The summed E-state index contributed by atoms with van der Waals surface area (Å²) in [5, 5.41) is 5.71. The molecule has 2 N–H and O–H groups in total. The number of rotatable bonds is 12. The summed E-state index contributed by atoms with van der Waals surface area (Å²) in [4.78, 5) is 55.1. The second-order valence-electron chi connectivity index (χ2n) is 10.5. The molecular formula is C31H40N4O6. The maximum Gasteiger partial charge on any atom is 0.407 e. The Labute approximate surface area is 241 Å². The number of piperidine rings is 1. The number of nitrogens with one attached hydrogen (secondary N) is 2. The molecule has 2 aromatic carbocycles. The fraction of sp³-hybridized carbons (Fsp3) is 0.484. The van der Waals surface area contributed by atoms with Crippen molar-refractivity contribution in [1.29, 1.82) is 0 Å². The van der Waals surface area contributed by atoms with Crippen LogP contribution in [0.5, 0.6) is 5.75 Å². The number of para-hydroxylation sites is 1. The quantitative estimate of drug-likeness (QED) is 0.382. The van der Waals surface area contributed by atoms with Crippen molar-refractivity contribution in [3.05, 3.63) is 66.2 Å². The van der Waals surface area contributed by atoms with Crippen LogP contribution in [-0.2, 0) is 25.7 Å². The molecule has 4 amide bonds. The number of nitrogens with zero attached hydrogens (tertiary/aromatic N) is 2. The molecule has 10 nitrogen and oxygen atoms in total. The van der Waals surface area contributed by atoms with Gasteiger partial charge in [0.2, 0.25) is 11.8 Å². The Hall–Kier alpha value is -4.08. The second kappa shape index (κ2) is 14.5. The summed E-state index contributed by atoms with van der Waals surface area (Å²) < 4.78 is 10.8. The summed E-state index contributed by atoms with van der Waals surface area (Å²) in [6, 6.07) is 18.0. The van der Waals surface area contributed by atoms with Crippen LogP contribution in [-0.4, -0.2) is 78.0 Å². The highest BCUT2D eigenvalue weighted by Crippen LogP contribution is 2.34. The summed E-state index contributed by atoms with van der Waals surface area (Å²) in [5.74, 6) is 0.272. The molecule has 0 radical (unpaired) electrons. The van der Waals surface area contributed by atoms with E-state index in [-0.39, 0.29) is 30.9 Å². The van der Waals surface area contributed by atoms with Crippen molar-refractivity contribution in [2.24, 2.45) is 0 Å². The van der Waals surface area contributed by atoms with E-state index in [1.165, 1.54) is 0 Å². The topological polar surface area (TPSA) is 117 Å². The van der Waals surface area contributed by atoms with Crippen molar-refractivity contribution in [3.8, 4) is 5.75 Å². The third-order valence-electron chi connectivity index (χ3n) is 7.71. The number of hydrogen-bond donors (Lipinski definition) is 2. The fourth-order valence-electron chi connectivity index (χ4n) is 5.43. The predicted octanol–water partition coefficient (Wildman–Crippen LogP) is 3.26. The zero-order valence-electron chi connectivity index (χ0n) is 23.7. The average molecular weight is 565 g/mol. The Kier molecular flexibility index (Phi) is 10.6. The minimum Gasteiger partial charge on any atom is -0.484 e. The van der Waals surface area contributed by atoms with E-state index in [9.17, 15) is 19.2 Å². The summed E-state index contributed by atoms with van der Waals surface area (Å²) in [7, 11) is 0. The molecular weight excluding hydrogens is 524 g/mol. The Morgan fingerprint density at radius 1 is 1.00 bits per heavy atom. The van der Waals surface area contributed by atoms with Crippen LogP contribution in [0.15, 0.2) is 60.7 Å². The number of hydrogen-bond acceptors (Lipinski definition) is 6. The van der Waals surface area contributed by atoms with Gasteiger partial charge in [0.1, 0.15) is 23.9 Å². The van der Waals surface area contributed by atoms with Crippen molar-refractivity contribution in [1.82, 2.24) is 20.4 Å². The molecule has 2 saturated heterocycles. The van der Waals surface area contributed by atoms with Crippen molar-refractivity contribution in [2.75, 3.05) is 32.8 Å². The molecule has 2 heterocycles. The highest BCUT2D eigenvalue weighted by molar-refractivity contribution is 6.00. The van der Waals surface area contributed by atoms with Crippen LogP contribution in [0.1, 0.15) is 51.0 Å². The van der Waals surface area contributed by atoms with Gasteiger partial charge in [0.25, 0.3) is 5.91 Å². The van der Waals surface area contributed by atoms with Crippen LogP contribution in [0.2, 0.25) is 0 Å². The van der Waals surface area contributed by atoms with E-state index < -0.39 is 17.7 Å². The Bertz CT molecular complexity index is 1170. The van der Waals surface area contributed by atoms with Crippen LogP contribution in [0.4, 0.5) is 4.79 Å². The van der Waals surface area contributed by atoms with E-state index in [4.69, 9.17) is 9.47 Å². The van der Waals surface area contributed by atoms with Gasteiger partial charge in [0, 0.05) is 26.2 Å². The van der Waals surface area contributed by atoms with Crippen molar-refractivity contribution >= 4 is 23.8 Å². The number of likely N-dealkylation sites (tertiary alicyclic amines) is 1. The van der Waals surface area contributed by atoms with Gasteiger partial charge in [-0.3, -0.25) is 14.4 Å². The minimum absolute atomic E-state index is 0.0670. The molecule has 0 saturated carbocycles. The van der Waals surface area contributed by atoms with Gasteiger partial charge in [0.05, 0.1) is 0 Å². The second-order valence-corrected chi connectivity index (χ2v) is 10.5. The minimum atomic E-state index is -0.940. The maximum atomic E-state index is 13.5.